The number of anilines is 1. The first-order valence-electron chi connectivity index (χ1n) is 17.4. The van der Waals surface area contributed by atoms with Crippen LogP contribution >= 0.6 is 0 Å². The molecule has 11 heteroatoms. The van der Waals surface area contributed by atoms with E-state index in [-0.39, 0.29) is 23.3 Å². The predicted octanol–water partition coefficient (Wildman–Crippen LogP) is 6.76. The van der Waals surface area contributed by atoms with Crippen molar-refractivity contribution in [3.63, 3.8) is 0 Å². The number of hydrogen-bond donors (Lipinski definition) is 8. The molecule has 1 aliphatic heterocycles. The molecule has 1 aliphatic rings. The first kappa shape index (κ1) is 35.5. The number of aryl methyl sites for hydroxylation is 1. The second-order valence-corrected chi connectivity index (χ2v) is 12.7. The molecule has 0 amide bonds. The second-order valence-electron chi connectivity index (χ2n) is 12.7. The lowest BCUT2D eigenvalue weighted by Crippen LogP contribution is -2.73. The van der Waals surface area contributed by atoms with E-state index >= 15 is 0 Å². The molecule has 8 rings (SSSR count). The molecule has 0 bridgehead atoms. The number of phenols is 3. The fraction of sp³-hybridized carbons (Fsp3) is 0.0930. The number of rotatable bonds is 9. The highest BCUT2D eigenvalue weighted by molar-refractivity contribution is 5.86. The molecule has 270 valence electrons. The lowest BCUT2D eigenvalue weighted by molar-refractivity contribution is -0.825. The molecule has 4 heterocycles. The molecule has 0 radical (unpaired) electrons. The molecule has 0 saturated heterocycles. The maximum Gasteiger partial charge on any atom is 0.161 e. The van der Waals surface area contributed by atoms with Crippen molar-refractivity contribution in [3.05, 3.63) is 180 Å². The molecule has 4 aromatic carbocycles. The van der Waals surface area contributed by atoms with Crippen molar-refractivity contribution >= 4 is 33.3 Å². The SMILES string of the molecule is Cc1cccnc1NC(c1ccc([NH2+]O)cc1)c1ccc2cccnc2c1O.Oc1ccccc1C(NC1=CC=CCN1)c1ccc2cccnc2c1O. The van der Waals surface area contributed by atoms with Crippen LogP contribution in [-0.2, 0) is 0 Å². The molecule has 0 spiro atoms. The fourth-order valence-corrected chi connectivity index (χ4v) is 6.41. The maximum absolute atomic E-state index is 11.0. The Kier molecular flexibility index (Phi) is 10.6. The molecule has 7 aromatic rings. The van der Waals surface area contributed by atoms with Crippen LogP contribution in [-0.4, -0.2) is 42.0 Å². The third kappa shape index (κ3) is 7.63. The van der Waals surface area contributed by atoms with Crippen molar-refractivity contribution in [2.45, 2.75) is 19.0 Å². The van der Waals surface area contributed by atoms with Gasteiger partial charge in [0.05, 0.1) is 17.9 Å². The number of hydrogen-bond acceptors (Lipinski definition) is 10. The van der Waals surface area contributed by atoms with E-state index in [0.29, 0.717) is 33.4 Å². The molecule has 9 N–H and O–H groups in total. The standard InChI is InChI=1S/C22H20N4O2.C21H19N3O2/c1-14-4-2-13-24-22(14)25-19(16-6-9-17(26-28)10-7-16)18-11-8-15-5-3-12-23-20(15)21(18)27;25-17-8-2-1-7-15(17)20(24-18-9-3-4-12-22-18)16-11-10-14-6-5-13-23-19(14)21(16)26/h2-13,19,26-28H,1H3,(H,24,25);1-11,13,20,22,24-26H,12H2/p+1. The minimum Gasteiger partial charge on any atom is -0.508 e. The van der Waals surface area contributed by atoms with Crippen molar-refractivity contribution in [2.24, 2.45) is 0 Å². The van der Waals surface area contributed by atoms with Crippen molar-refractivity contribution < 1.29 is 26.0 Å². The van der Waals surface area contributed by atoms with Crippen LogP contribution in [0, 0.1) is 6.92 Å². The van der Waals surface area contributed by atoms with Crippen molar-refractivity contribution in [2.75, 3.05) is 11.9 Å². The van der Waals surface area contributed by atoms with E-state index in [1.807, 2.05) is 122 Å². The summed E-state index contributed by atoms with van der Waals surface area (Å²) in [6.07, 6.45) is 11.0. The summed E-state index contributed by atoms with van der Waals surface area (Å²) in [6, 6.07) is 32.9. The molecule has 0 aliphatic carbocycles. The van der Waals surface area contributed by atoms with Crippen molar-refractivity contribution in [3.8, 4) is 17.2 Å². The predicted molar refractivity (Wildman–Crippen MR) is 209 cm³/mol. The van der Waals surface area contributed by atoms with Crippen LogP contribution in [0.15, 0.2) is 152 Å². The van der Waals surface area contributed by atoms with Gasteiger partial charge >= 0.3 is 0 Å². The van der Waals surface area contributed by atoms with E-state index in [2.05, 4.69) is 30.9 Å². The van der Waals surface area contributed by atoms with E-state index in [9.17, 15) is 20.5 Å². The van der Waals surface area contributed by atoms with Gasteiger partial charge in [-0.2, -0.15) is 5.48 Å². The van der Waals surface area contributed by atoms with Gasteiger partial charge in [0.25, 0.3) is 0 Å². The summed E-state index contributed by atoms with van der Waals surface area (Å²) in [7, 11) is 0. The Morgan fingerprint density at radius 3 is 1.89 bits per heavy atom. The number of nitrogens with one attached hydrogen (secondary N) is 3. The summed E-state index contributed by atoms with van der Waals surface area (Å²) < 4.78 is 0. The number of fused-ring (bicyclic) bond motifs is 2. The highest BCUT2D eigenvalue weighted by Gasteiger charge is 2.24. The number of nitrogens with two attached hydrogens (primary N) is 1. The van der Waals surface area contributed by atoms with E-state index in [4.69, 9.17) is 0 Å². The first-order valence-corrected chi connectivity index (χ1v) is 17.4. The number of allylic oxidation sites excluding steroid dienone is 2. The summed E-state index contributed by atoms with van der Waals surface area (Å²) in [5, 5.41) is 53.3. The van der Waals surface area contributed by atoms with Gasteiger partial charge in [-0.3, -0.25) is 9.97 Å². The van der Waals surface area contributed by atoms with Crippen LogP contribution in [0.1, 0.15) is 39.9 Å². The Morgan fingerprint density at radius 2 is 1.28 bits per heavy atom. The smallest absolute Gasteiger partial charge is 0.161 e. The molecule has 2 atom stereocenters. The largest absolute Gasteiger partial charge is 0.508 e. The topological polar surface area (TPSA) is 172 Å². The average Bonchev–Trinajstić information content (AvgIpc) is 3.22. The minimum atomic E-state index is -0.437. The molecule has 3 aromatic heterocycles. The monoisotopic (exact) mass is 718 g/mol. The number of quaternary nitrogens is 1. The van der Waals surface area contributed by atoms with Gasteiger partial charge in [-0.15, -0.1) is 0 Å². The molecule has 54 heavy (non-hydrogen) atoms. The van der Waals surface area contributed by atoms with Crippen LogP contribution in [0.25, 0.3) is 21.8 Å². The number of aromatic hydroxyl groups is 3. The van der Waals surface area contributed by atoms with Crippen LogP contribution in [0.5, 0.6) is 17.2 Å². The first-order chi connectivity index (χ1) is 26.4. The molecule has 2 unspecified atom stereocenters. The fourth-order valence-electron chi connectivity index (χ4n) is 6.41. The highest BCUT2D eigenvalue weighted by Crippen LogP contribution is 2.38. The average molecular weight is 719 g/mol. The zero-order valence-corrected chi connectivity index (χ0v) is 29.4. The van der Waals surface area contributed by atoms with E-state index in [0.717, 1.165) is 45.6 Å². The third-order valence-corrected chi connectivity index (χ3v) is 9.25. The summed E-state index contributed by atoms with van der Waals surface area (Å²) in [4.78, 5) is 13.1. The molecular formula is C43H40N7O4+. The quantitative estimate of drug-likeness (QED) is 0.0589. The lowest BCUT2D eigenvalue weighted by Gasteiger charge is -2.25. The van der Waals surface area contributed by atoms with Crippen LogP contribution in [0.2, 0.25) is 0 Å². The lowest BCUT2D eigenvalue weighted by atomic mass is 9.95. The summed E-state index contributed by atoms with van der Waals surface area (Å²) in [5.41, 5.74) is 6.84. The Balaban J connectivity index is 0.000000167. The number of aromatic nitrogens is 3. The summed E-state index contributed by atoms with van der Waals surface area (Å²) in [5.74, 6) is 1.97. The van der Waals surface area contributed by atoms with Crippen LogP contribution in [0.4, 0.5) is 11.5 Å². The summed E-state index contributed by atoms with van der Waals surface area (Å²) in [6.45, 7) is 2.70. The zero-order valence-electron chi connectivity index (χ0n) is 29.4. The van der Waals surface area contributed by atoms with Gasteiger partial charge < -0.3 is 31.3 Å². The van der Waals surface area contributed by atoms with Crippen LogP contribution in [0.3, 0.4) is 0 Å². The van der Waals surface area contributed by atoms with Gasteiger partial charge in [-0.25, -0.2) is 10.2 Å². The molecule has 0 saturated carbocycles. The van der Waals surface area contributed by atoms with Crippen molar-refractivity contribution in [1.82, 2.24) is 25.6 Å². The Labute approximate surface area is 312 Å². The van der Waals surface area contributed by atoms with E-state index in [1.165, 1.54) is 0 Å². The minimum absolute atomic E-state index is 0.107. The number of nitrogens with zero attached hydrogens (tertiary/aromatic N) is 3. The van der Waals surface area contributed by atoms with Gasteiger partial charge in [0.1, 0.15) is 34.1 Å². The number of pyridine rings is 3. The maximum atomic E-state index is 11.0. The van der Waals surface area contributed by atoms with E-state index < -0.39 is 6.04 Å². The van der Waals surface area contributed by atoms with Crippen molar-refractivity contribution in [1.29, 1.82) is 0 Å². The molecular weight excluding hydrogens is 679 g/mol. The van der Waals surface area contributed by atoms with E-state index in [1.54, 1.807) is 30.7 Å². The van der Waals surface area contributed by atoms with Gasteiger partial charge in [0.15, 0.2) is 5.69 Å². The van der Waals surface area contributed by atoms with Gasteiger partial charge in [-0.1, -0.05) is 84.9 Å². The Morgan fingerprint density at radius 1 is 0.648 bits per heavy atom. The summed E-state index contributed by atoms with van der Waals surface area (Å²) >= 11 is 0. The van der Waals surface area contributed by atoms with Gasteiger partial charge in [-0.05, 0) is 48.4 Å². The number of dihydropyridines is 1. The normalized spacial score (nSPS) is 13.3. The molecule has 11 nitrogen and oxygen atoms in total. The second kappa shape index (κ2) is 16.2. The zero-order chi connectivity index (χ0) is 37.4. The van der Waals surface area contributed by atoms with Gasteiger partial charge in [0, 0.05) is 64.7 Å². The van der Waals surface area contributed by atoms with Crippen LogP contribution < -0.4 is 21.4 Å². The van der Waals surface area contributed by atoms with Gasteiger partial charge in [0.2, 0.25) is 0 Å². The Hall–Kier alpha value is -6.95. The third-order valence-electron chi connectivity index (χ3n) is 9.25. The number of para-hydroxylation sites is 1. The highest BCUT2D eigenvalue weighted by atomic mass is 16.5. The molecule has 0 fully saturated rings. The number of benzene rings is 4. The number of phenolic OH excluding ortho intramolecular Hbond substituents is 3. The Bertz CT molecular complexity index is 2470.